The number of rotatable bonds is 5. The summed E-state index contributed by atoms with van der Waals surface area (Å²) >= 11 is 0. The molecule has 1 saturated heterocycles. The Bertz CT molecular complexity index is 470. The fraction of sp³-hybridized carbons (Fsp3) is 0.500. The molecule has 0 bridgehead atoms. The van der Waals surface area contributed by atoms with Crippen molar-refractivity contribution in [2.24, 2.45) is 5.73 Å². The van der Waals surface area contributed by atoms with Gasteiger partial charge in [-0.3, -0.25) is 9.59 Å². The van der Waals surface area contributed by atoms with Crippen LogP contribution >= 0.6 is 0 Å². The van der Waals surface area contributed by atoms with Gasteiger partial charge in [-0.15, -0.1) is 0 Å². The summed E-state index contributed by atoms with van der Waals surface area (Å²) in [6.07, 6.45) is 3.75. The van der Waals surface area contributed by atoms with Crippen molar-refractivity contribution in [1.82, 2.24) is 10.2 Å². The van der Waals surface area contributed by atoms with E-state index in [0.717, 1.165) is 31.5 Å². The lowest BCUT2D eigenvalue weighted by Gasteiger charge is -2.27. The van der Waals surface area contributed by atoms with Crippen LogP contribution in [-0.4, -0.2) is 42.4 Å². The summed E-state index contributed by atoms with van der Waals surface area (Å²) in [6, 6.07) is 9.01. The normalized spacial score (nSPS) is 16.3. The highest BCUT2D eigenvalue weighted by Crippen LogP contribution is 2.08. The molecule has 0 saturated carbocycles. The first-order valence-corrected chi connectivity index (χ1v) is 7.52. The second-order valence-electron chi connectivity index (χ2n) is 5.46. The molecule has 2 amide bonds. The summed E-state index contributed by atoms with van der Waals surface area (Å²) in [7, 11) is 0. The van der Waals surface area contributed by atoms with E-state index in [9.17, 15) is 9.59 Å². The van der Waals surface area contributed by atoms with E-state index >= 15 is 0 Å². The third-order valence-electron chi connectivity index (χ3n) is 3.76. The van der Waals surface area contributed by atoms with Crippen LogP contribution in [0.25, 0.3) is 0 Å². The molecule has 0 spiro atoms. The Morgan fingerprint density at radius 1 is 1.14 bits per heavy atom. The summed E-state index contributed by atoms with van der Waals surface area (Å²) in [5.41, 5.74) is 6.89. The lowest BCUT2D eigenvalue weighted by molar-refractivity contribution is -0.133. The van der Waals surface area contributed by atoms with E-state index in [1.165, 1.54) is 6.42 Å². The van der Waals surface area contributed by atoms with Crippen molar-refractivity contribution in [3.05, 3.63) is 35.9 Å². The lowest BCUT2D eigenvalue weighted by atomic mass is 10.1. The molecular weight excluding hydrogens is 266 g/mol. The Morgan fingerprint density at radius 2 is 1.81 bits per heavy atom. The lowest BCUT2D eigenvalue weighted by Crippen LogP contribution is -2.47. The van der Waals surface area contributed by atoms with Crippen molar-refractivity contribution in [3.8, 4) is 0 Å². The molecule has 5 nitrogen and oxygen atoms in total. The molecular formula is C16H23N3O2. The van der Waals surface area contributed by atoms with Crippen LogP contribution in [0.4, 0.5) is 0 Å². The van der Waals surface area contributed by atoms with Gasteiger partial charge in [-0.1, -0.05) is 30.3 Å². The number of nitrogens with zero attached hydrogens (tertiary/aromatic N) is 1. The molecule has 114 valence electrons. The second-order valence-corrected chi connectivity index (χ2v) is 5.46. The van der Waals surface area contributed by atoms with Crippen LogP contribution in [0.15, 0.2) is 30.3 Å². The minimum absolute atomic E-state index is 0.0186. The van der Waals surface area contributed by atoms with Crippen LogP contribution < -0.4 is 11.1 Å². The quantitative estimate of drug-likeness (QED) is 0.837. The predicted octanol–water partition coefficient (Wildman–Crippen LogP) is 0.685. The van der Waals surface area contributed by atoms with Crippen LogP contribution in [0.1, 0.15) is 24.8 Å². The summed E-state index contributed by atoms with van der Waals surface area (Å²) in [5.74, 6) is -0.292. The van der Waals surface area contributed by atoms with Crippen molar-refractivity contribution in [1.29, 1.82) is 0 Å². The molecule has 5 heteroatoms. The molecule has 1 heterocycles. The van der Waals surface area contributed by atoms with Crippen molar-refractivity contribution in [3.63, 3.8) is 0 Å². The number of carbonyl (C=O) groups excluding carboxylic acids is 2. The standard InChI is InChI=1S/C16H23N3O2/c17-14(11-13-7-3-1-4-8-13)16(21)18-12-15(20)19-9-5-2-6-10-19/h1,3-4,7-8,14H,2,5-6,9-12,17H2,(H,18,21)/t14-/m0/s1. The molecule has 1 aromatic rings. The molecule has 1 aliphatic heterocycles. The van der Waals surface area contributed by atoms with E-state index in [4.69, 9.17) is 5.73 Å². The van der Waals surface area contributed by atoms with Crippen LogP contribution in [0.5, 0.6) is 0 Å². The van der Waals surface area contributed by atoms with Crippen LogP contribution in [0, 0.1) is 0 Å². The molecule has 1 atom stereocenters. The summed E-state index contributed by atoms with van der Waals surface area (Å²) in [6.45, 7) is 1.64. The van der Waals surface area contributed by atoms with E-state index in [-0.39, 0.29) is 18.4 Å². The van der Waals surface area contributed by atoms with Gasteiger partial charge in [-0.05, 0) is 31.2 Å². The van der Waals surface area contributed by atoms with Crippen molar-refractivity contribution >= 4 is 11.8 Å². The van der Waals surface area contributed by atoms with E-state index in [0.29, 0.717) is 6.42 Å². The Kier molecular flexibility index (Phi) is 5.75. The maximum atomic E-state index is 12.0. The van der Waals surface area contributed by atoms with Gasteiger partial charge >= 0.3 is 0 Å². The van der Waals surface area contributed by atoms with Crippen LogP contribution in [0.3, 0.4) is 0 Å². The third-order valence-corrected chi connectivity index (χ3v) is 3.76. The summed E-state index contributed by atoms with van der Waals surface area (Å²) in [4.78, 5) is 25.7. The van der Waals surface area contributed by atoms with Gasteiger partial charge in [0.1, 0.15) is 0 Å². The van der Waals surface area contributed by atoms with Crippen LogP contribution in [0.2, 0.25) is 0 Å². The number of likely N-dealkylation sites (tertiary alicyclic amines) is 1. The molecule has 1 aliphatic rings. The maximum absolute atomic E-state index is 12.0. The Balaban J connectivity index is 1.74. The van der Waals surface area contributed by atoms with Crippen molar-refractivity contribution in [2.75, 3.05) is 19.6 Å². The number of piperidine rings is 1. The minimum Gasteiger partial charge on any atom is -0.346 e. The maximum Gasteiger partial charge on any atom is 0.241 e. The first-order chi connectivity index (χ1) is 10.2. The average molecular weight is 289 g/mol. The van der Waals surface area contributed by atoms with Gasteiger partial charge in [-0.2, -0.15) is 0 Å². The van der Waals surface area contributed by atoms with Gasteiger partial charge in [0.15, 0.2) is 0 Å². The van der Waals surface area contributed by atoms with Crippen molar-refractivity contribution < 1.29 is 9.59 Å². The Labute approximate surface area is 125 Å². The molecule has 3 N–H and O–H groups in total. The average Bonchev–Trinajstić information content (AvgIpc) is 2.54. The van der Waals surface area contributed by atoms with Crippen molar-refractivity contribution in [2.45, 2.75) is 31.7 Å². The van der Waals surface area contributed by atoms with Gasteiger partial charge in [0.2, 0.25) is 11.8 Å². The molecule has 2 rings (SSSR count). The molecule has 0 aliphatic carbocycles. The number of amides is 2. The largest absolute Gasteiger partial charge is 0.346 e. The zero-order chi connectivity index (χ0) is 15.1. The first-order valence-electron chi connectivity index (χ1n) is 7.52. The van der Waals surface area contributed by atoms with E-state index in [2.05, 4.69) is 5.32 Å². The molecule has 0 unspecified atom stereocenters. The number of carbonyl (C=O) groups is 2. The van der Waals surface area contributed by atoms with Gasteiger partial charge in [-0.25, -0.2) is 0 Å². The van der Waals surface area contributed by atoms with E-state index in [1.54, 1.807) is 0 Å². The van der Waals surface area contributed by atoms with Gasteiger partial charge in [0, 0.05) is 13.1 Å². The number of nitrogens with two attached hydrogens (primary N) is 1. The van der Waals surface area contributed by atoms with E-state index in [1.807, 2.05) is 35.2 Å². The monoisotopic (exact) mass is 289 g/mol. The summed E-state index contributed by atoms with van der Waals surface area (Å²) < 4.78 is 0. The molecule has 0 radical (unpaired) electrons. The highest BCUT2D eigenvalue weighted by molar-refractivity contribution is 5.87. The van der Waals surface area contributed by atoms with Gasteiger partial charge < -0.3 is 16.0 Å². The number of hydrogen-bond acceptors (Lipinski definition) is 3. The highest BCUT2D eigenvalue weighted by Gasteiger charge is 2.19. The smallest absolute Gasteiger partial charge is 0.241 e. The fourth-order valence-corrected chi connectivity index (χ4v) is 2.51. The minimum atomic E-state index is -0.624. The van der Waals surface area contributed by atoms with Gasteiger partial charge in [0.25, 0.3) is 0 Å². The number of nitrogens with one attached hydrogen (secondary N) is 1. The predicted molar refractivity (Wildman–Crippen MR) is 81.6 cm³/mol. The Hall–Kier alpha value is -1.88. The zero-order valence-corrected chi connectivity index (χ0v) is 12.3. The first kappa shape index (κ1) is 15.5. The Morgan fingerprint density at radius 3 is 2.48 bits per heavy atom. The molecule has 1 aromatic carbocycles. The second kappa shape index (κ2) is 7.78. The highest BCUT2D eigenvalue weighted by atomic mass is 16.2. The molecule has 21 heavy (non-hydrogen) atoms. The topological polar surface area (TPSA) is 75.4 Å². The number of benzene rings is 1. The SMILES string of the molecule is N[C@@H](Cc1ccccc1)C(=O)NCC(=O)N1CCCCC1. The molecule has 1 fully saturated rings. The van der Waals surface area contributed by atoms with E-state index < -0.39 is 6.04 Å². The zero-order valence-electron chi connectivity index (χ0n) is 12.3. The fourth-order valence-electron chi connectivity index (χ4n) is 2.51. The third kappa shape index (κ3) is 4.86. The molecule has 0 aromatic heterocycles. The number of hydrogen-bond donors (Lipinski definition) is 2. The summed E-state index contributed by atoms with van der Waals surface area (Å²) in [5, 5.41) is 2.64. The van der Waals surface area contributed by atoms with Gasteiger partial charge in [0.05, 0.1) is 12.6 Å². The van der Waals surface area contributed by atoms with Crippen LogP contribution in [-0.2, 0) is 16.0 Å².